The number of likely N-dealkylation sites (N-methyl/N-ethyl adjacent to an activating group) is 1. The lowest BCUT2D eigenvalue weighted by Gasteiger charge is -2.20. The van der Waals surface area contributed by atoms with Crippen LogP contribution in [0.1, 0.15) is 0 Å². The van der Waals surface area contributed by atoms with Crippen molar-refractivity contribution in [1.82, 2.24) is 10.0 Å². The van der Waals surface area contributed by atoms with E-state index in [1.165, 1.54) is 6.07 Å². The molecule has 6 nitrogen and oxygen atoms in total. The second-order valence-electron chi connectivity index (χ2n) is 3.78. The highest BCUT2D eigenvalue weighted by molar-refractivity contribution is 7.89. The Kier molecular flexibility index (Phi) is 4.05. The molecule has 0 saturated heterocycles. The monoisotopic (exact) mass is 272 g/mol. The molecule has 0 bridgehead atoms. The van der Waals surface area contributed by atoms with Gasteiger partial charge in [-0.05, 0) is 19.2 Å². The van der Waals surface area contributed by atoms with Gasteiger partial charge in [0.2, 0.25) is 10.0 Å². The molecule has 0 amide bonds. The van der Waals surface area contributed by atoms with Crippen molar-refractivity contribution in [2.24, 2.45) is 0 Å². The van der Waals surface area contributed by atoms with Crippen molar-refractivity contribution in [3.63, 3.8) is 0 Å². The molecule has 18 heavy (non-hydrogen) atoms. The van der Waals surface area contributed by atoms with Crippen LogP contribution in [0.3, 0.4) is 0 Å². The summed E-state index contributed by atoms with van der Waals surface area (Å²) in [6.07, 6.45) is 0. The molecule has 0 fully saturated rings. The second kappa shape index (κ2) is 5.55. The molecule has 2 N–H and O–H groups in total. The van der Waals surface area contributed by atoms with Crippen LogP contribution in [0.2, 0.25) is 0 Å². The Hall–Kier alpha value is -1.31. The Morgan fingerprint density at radius 1 is 1.22 bits per heavy atom. The van der Waals surface area contributed by atoms with Crippen LogP contribution in [0.25, 0.3) is 0 Å². The second-order valence-corrected chi connectivity index (χ2v) is 5.52. The molecular weight excluding hydrogens is 256 g/mol. The Morgan fingerprint density at radius 3 is 2.78 bits per heavy atom. The maximum Gasteiger partial charge on any atom is 0.244 e. The number of fused-ring (bicyclic) bond motifs is 1. The number of para-hydroxylation sites is 1. The highest BCUT2D eigenvalue weighted by Crippen LogP contribution is 2.35. The molecule has 7 heteroatoms. The molecule has 0 unspecified atom stereocenters. The topological polar surface area (TPSA) is 76.7 Å². The standard InChI is InChI=1S/C11H16N2O4S/c1-12-5-6-13-18(14,15)10-4-2-3-9-11(10)17-8-7-16-9/h2-4,12-13H,5-8H2,1H3. The number of sulfonamides is 1. The van der Waals surface area contributed by atoms with Crippen LogP contribution >= 0.6 is 0 Å². The summed E-state index contributed by atoms with van der Waals surface area (Å²) in [7, 11) is -1.81. The quantitative estimate of drug-likeness (QED) is 0.735. The SMILES string of the molecule is CNCCNS(=O)(=O)c1cccc2c1OCCO2. The van der Waals surface area contributed by atoms with E-state index in [4.69, 9.17) is 9.47 Å². The molecule has 100 valence electrons. The molecule has 1 aliphatic rings. The van der Waals surface area contributed by atoms with E-state index >= 15 is 0 Å². The van der Waals surface area contributed by atoms with Crippen LogP contribution in [0.5, 0.6) is 11.5 Å². The predicted octanol–water partition coefficient (Wildman–Crippen LogP) is -0.0445. The van der Waals surface area contributed by atoms with Crippen molar-refractivity contribution < 1.29 is 17.9 Å². The zero-order chi connectivity index (χ0) is 13.0. The van der Waals surface area contributed by atoms with E-state index < -0.39 is 10.0 Å². The van der Waals surface area contributed by atoms with Gasteiger partial charge in [0.05, 0.1) is 0 Å². The minimum Gasteiger partial charge on any atom is -0.486 e. The Bertz CT molecular complexity index is 516. The van der Waals surface area contributed by atoms with Gasteiger partial charge in [0.1, 0.15) is 18.1 Å². The average Bonchev–Trinajstić information content (AvgIpc) is 2.38. The van der Waals surface area contributed by atoms with E-state index in [2.05, 4.69) is 10.0 Å². The van der Waals surface area contributed by atoms with Gasteiger partial charge in [-0.1, -0.05) is 6.07 Å². The van der Waals surface area contributed by atoms with Gasteiger partial charge in [-0.25, -0.2) is 13.1 Å². The van der Waals surface area contributed by atoms with Crippen LogP contribution in [0.15, 0.2) is 23.1 Å². The lowest BCUT2D eigenvalue weighted by Crippen LogP contribution is -2.31. The van der Waals surface area contributed by atoms with Crippen molar-refractivity contribution in [2.45, 2.75) is 4.90 Å². The first kappa shape index (κ1) is 13.1. The maximum absolute atomic E-state index is 12.1. The first-order valence-electron chi connectivity index (χ1n) is 5.68. The van der Waals surface area contributed by atoms with Gasteiger partial charge in [-0.2, -0.15) is 0 Å². The van der Waals surface area contributed by atoms with E-state index in [9.17, 15) is 8.42 Å². The maximum atomic E-state index is 12.1. The van der Waals surface area contributed by atoms with Crippen molar-refractivity contribution >= 4 is 10.0 Å². The summed E-state index contributed by atoms with van der Waals surface area (Å²) in [6, 6.07) is 4.84. The van der Waals surface area contributed by atoms with E-state index in [1.807, 2.05) is 0 Å². The third-order valence-electron chi connectivity index (χ3n) is 2.49. The van der Waals surface area contributed by atoms with E-state index in [1.54, 1.807) is 19.2 Å². The van der Waals surface area contributed by atoms with Crippen molar-refractivity contribution in [3.05, 3.63) is 18.2 Å². The van der Waals surface area contributed by atoms with Crippen LogP contribution < -0.4 is 19.5 Å². The molecule has 2 rings (SSSR count). The minimum absolute atomic E-state index is 0.121. The lowest BCUT2D eigenvalue weighted by molar-refractivity contribution is 0.167. The fourth-order valence-corrected chi connectivity index (χ4v) is 2.83. The van der Waals surface area contributed by atoms with Crippen molar-refractivity contribution in [2.75, 3.05) is 33.4 Å². The molecule has 0 spiro atoms. The van der Waals surface area contributed by atoms with Crippen molar-refractivity contribution in [1.29, 1.82) is 0 Å². The van der Waals surface area contributed by atoms with Gasteiger partial charge in [-0.3, -0.25) is 0 Å². The number of benzene rings is 1. The van der Waals surface area contributed by atoms with Crippen LogP contribution in [0.4, 0.5) is 0 Å². The smallest absolute Gasteiger partial charge is 0.244 e. The summed E-state index contributed by atoms with van der Waals surface area (Å²) in [5.74, 6) is 0.762. The van der Waals surface area contributed by atoms with Gasteiger partial charge >= 0.3 is 0 Å². The molecule has 0 atom stereocenters. The third-order valence-corrected chi connectivity index (χ3v) is 3.97. The average molecular weight is 272 g/mol. The zero-order valence-corrected chi connectivity index (χ0v) is 10.9. The fraction of sp³-hybridized carbons (Fsp3) is 0.455. The number of hydrogen-bond donors (Lipinski definition) is 2. The molecule has 0 aliphatic carbocycles. The molecule has 1 aromatic carbocycles. The van der Waals surface area contributed by atoms with Crippen LogP contribution in [0, 0.1) is 0 Å². The van der Waals surface area contributed by atoms with Gasteiger partial charge in [0, 0.05) is 13.1 Å². The number of nitrogens with one attached hydrogen (secondary N) is 2. The summed E-state index contributed by atoms with van der Waals surface area (Å²) in [5, 5.41) is 2.87. The summed E-state index contributed by atoms with van der Waals surface area (Å²) >= 11 is 0. The van der Waals surface area contributed by atoms with Crippen LogP contribution in [-0.4, -0.2) is 41.8 Å². The third kappa shape index (κ3) is 2.74. The lowest BCUT2D eigenvalue weighted by atomic mass is 10.3. The summed E-state index contributed by atoms with van der Waals surface area (Å²) in [5.41, 5.74) is 0. The number of hydrogen-bond acceptors (Lipinski definition) is 5. The molecule has 0 radical (unpaired) electrons. The summed E-state index contributed by atoms with van der Waals surface area (Å²) in [4.78, 5) is 0.121. The molecule has 0 aromatic heterocycles. The normalized spacial score (nSPS) is 14.5. The Labute approximate surface area is 106 Å². The van der Waals surface area contributed by atoms with Gasteiger partial charge < -0.3 is 14.8 Å². The number of ether oxygens (including phenoxy) is 2. The first-order chi connectivity index (χ1) is 8.65. The Balaban J connectivity index is 2.27. The Morgan fingerprint density at radius 2 is 2.00 bits per heavy atom. The molecule has 1 heterocycles. The number of rotatable bonds is 5. The van der Waals surface area contributed by atoms with Gasteiger partial charge in [-0.15, -0.1) is 0 Å². The predicted molar refractivity (Wildman–Crippen MR) is 66.5 cm³/mol. The van der Waals surface area contributed by atoms with E-state index in [0.29, 0.717) is 37.8 Å². The molecule has 0 saturated carbocycles. The molecule has 1 aromatic rings. The summed E-state index contributed by atoms with van der Waals surface area (Å²) in [6.45, 7) is 1.68. The minimum atomic E-state index is -3.57. The summed E-state index contributed by atoms with van der Waals surface area (Å²) < 4.78 is 37.5. The first-order valence-corrected chi connectivity index (χ1v) is 7.16. The van der Waals surface area contributed by atoms with Crippen LogP contribution in [-0.2, 0) is 10.0 Å². The molecule has 1 aliphatic heterocycles. The van der Waals surface area contributed by atoms with Gasteiger partial charge in [0.25, 0.3) is 0 Å². The highest BCUT2D eigenvalue weighted by Gasteiger charge is 2.24. The van der Waals surface area contributed by atoms with Crippen molar-refractivity contribution in [3.8, 4) is 11.5 Å². The fourth-order valence-electron chi connectivity index (χ4n) is 1.65. The molecular formula is C11H16N2O4S. The zero-order valence-electron chi connectivity index (χ0n) is 10.1. The largest absolute Gasteiger partial charge is 0.486 e. The van der Waals surface area contributed by atoms with E-state index in [0.717, 1.165) is 0 Å². The van der Waals surface area contributed by atoms with Gasteiger partial charge in [0.15, 0.2) is 11.5 Å². The van der Waals surface area contributed by atoms with E-state index in [-0.39, 0.29) is 4.90 Å². The highest BCUT2D eigenvalue weighted by atomic mass is 32.2.